The Morgan fingerprint density at radius 2 is 2.20 bits per heavy atom. The van der Waals surface area contributed by atoms with Gasteiger partial charge in [-0.05, 0) is 12.1 Å². The van der Waals surface area contributed by atoms with Gasteiger partial charge in [-0.3, -0.25) is 4.79 Å². The number of rotatable bonds is 1. The minimum atomic E-state index is -0.225. The zero-order valence-electron chi connectivity index (χ0n) is 11.7. The summed E-state index contributed by atoms with van der Waals surface area (Å²) < 4.78 is 0. The van der Waals surface area contributed by atoms with E-state index in [2.05, 4.69) is 30.7 Å². The zero-order valence-corrected chi connectivity index (χ0v) is 12.5. The van der Waals surface area contributed by atoms with Crippen LogP contribution in [0.15, 0.2) is 18.3 Å². The molecule has 0 spiro atoms. The van der Waals surface area contributed by atoms with Crippen LogP contribution in [0.25, 0.3) is 0 Å². The van der Waals surface area contributed by atoms with Crippen LogP contribution in [0.1, 0.15) is 29.9 Å². The Bertz CT molecular complexity index is 540. The smallest absolute Gasteiger partial charge is 0.273 e. The quantitative estimate of drug-likeness (QED) is 0.794. The predicted molar refractivity (Wildman–Crippen MR) is 80.6 cm³/mol. The fourth-order valence-electron chi connectivity index (χ4n) is 2.30. The molecule has 1 aliphatic heterocycles. The van der Waals surface area contributed by atoms with Crippen LogP contribution >= 0.6 is 11.8 Å². The fraction of sp³-hybridized carbons (Fsp3) is 0.467. The highest BCUT2D eigenvalue weighted by molar-refractivity contribution is 8.00. The van der Waals surface area contributed by atoms with Crippen molar-refractivity contribution in [2.75, 3.05) is 19.7 Å². The van der Waals surface area contributed by atoms with E-state index in [0.717, 1.165) is 13.1 Å². The molecule has 1 aliphatic rings. The van der Waals surface area contributed by atoms with Gasteiger partial charge in [-0.1, -0.05) is 25.7 Å². The van der Waals surface area contributed by atoms with Gasteiger partial charge < -0.3 is 10.0 Å². The minimum Gasteiger partial charge on any atom is -0.384 e. The molecular formula is C15H18N2O2S. The molecule has 0 aliphatic carbocycles. The molecule has 0 radical (unpaired) electrons. The molecule has 1 N–H and O–H groups in total. The summed E-state index contributed by atoms with van der Waals surface area (Å²) >= 11 is 1.90. The maximum absolute atomic E-state index is 12.6. The van der Waals surface area contributed by atoms with Crippen molar-refractivity contribution in [1.82, 2.24) is 9.88 Å². The summed E-state index contributed by atoms with van der Waals surface area (Å²) in [6, 6.07) is 3.50. The Kier molecular flexibility index (Phi) is 5.05. The van der Waals surface area contributed by atoms with E-state index in [-0.39, 0.29) is 12.5 Å². The van der Waals surface area contributed by atoms with Crippen LogP contribution in [-0.4, -0.2) is 51.1 Å². The number of carbonyl (C=O) groups excluding carboxylic acids is 1. The lowest BCUT2D eigenvalue weighted by Crippen LogP contribution is -2.44. The summed E-state index contributed by atoms with van der Waals surface area (Å²) in [5, 5.41) is 9.64. The van der Waals surface area contributed by atoms with Gasteiger partial charge in [-0.2, -0.15) is 11.8 Å². The first-order chi connectivity index (χ1) is 9.61. The maximum Gasteiger partial charge on any atom is 0.273 e. The summed E-state index contributed by atoms with van der Waals surface area (Å²) in [7, 11) is 0. The second kappa shape index (κ2) is 6.78. The lowest BCUT2D eigenvalue weighted by atomic mass is 10.1. The number of carbonyl (C=O) groups is 1. The maximum atomic E-state index is 12.6. The Hall–Kier alpha value is -1.51. The number of pyridine rings is 1. The van der Waals surface area contributed by atoms with E-state index in [1.807, 2.05) is 16.7 Å². The van der Waals surface area contributed by atoms with E-state index in [1.165, 1.54) is 0 Å². The Morgan fingerprint density at radius 3 is 2.85 bits per heavy atom. The van der Waals surface area contributed by atoms with Crippen LogP contribution in [0.5, 0.6) is 0 Å². The lowest BCUT2D eigenvalue weighted by molar-refractivity contribution is 0.0747. The van der Waals surface area contributed by atoms with Gasteiger partial charge in [0.15, 0.2) is 0 Å². The number of aliphatic hydroxyl groups excluding tert-OH is 1. The van der Waals surface area contributed by atoms with Crippen molar-refractivity contribution in [3.8, 4) is 11.8 Å². The average Bonchev–Trinajstić information content (AvgIpc) is 2.43. The molecule has 4 nitrogen and oxygen atoms in total. The number of amides is 1. The highest BCUT2D eigenvalue weighted by atomic mass is 32.2. The van der Waals surface area contributed by atoms with E-state index in [4.69, 9.17) is 5.11 Å². The van der Waals surface area contributed by atoms with Crippen molar-refractivity contribution in [2.24, 2.45) is 0 Å². The van der Waals surface area contributed by atoms with Crippen molar-refractivity contribution in [3.05, 3.63) is 29.6 Å². The summed E-state index contributed by atoms with van der Waals surface area (Å²) in [6.45, 7) is 5.50. The van der Waals surface area contributed by atoms with Crippen LogP contribution in [0.2, 0.25) is 0 Å². The molecule has 2 unspecified atom stereocenters. The normalized spacial score (nSPS) is 22.1. The highest BCUT2D eigenvalue weighted by Crippen LogP contribution is 2.25. The van der Waals surface area contributed by atoms with Crippen molar-refractivity contribution >= 4 is 17.7 Å². The standard InChI is InChI=1S/C15H18N2O2S/c1-11-9-17(10-12(2)20-11)15(19)14-13(6-4-8-18)5-3-7-16-14/h3,5,7,11-12,18H,8-10H2,1-2H3. The number of hydrogen-bond donors (Lipinski definition) is 1. The van der Waals surface area contributed by atoms with Crippen LogP contribution in [-0.2, 0) is 0 Å². The first-order valence-electron chi connectivity index (χ1n) is 6.61. The molecule has 1 saturated heterocycles. The summed E-state index contributed by atoms with van der Waals surface area (Å²) in [4.78, 5) is 18.6. The van der Waals surface area contributed by atoms with Gasteiger partial charge in [0.25, 0.3) is 5.91 Å². The molecule has 1 aromatic heterocycles. The van der Waals surface area contributed by atoms with E-state index in [1.54, 1.807) is 18.3 Å². The molecule has 1 aromatic rings. The average molecular weight is 290 g/mol. The van der Waals surface area contributed by atoms with E-state index >= 15 is 0 Å². The molecule has 0 bridgehead atoms. The Morgan fingerprint density at radius 1 is 1.50 bits per heavy atom. The van der Waals surface area contributed by atoms with E-state index < -0.39 is 0 Å². The van der Waals surface area contributed by atoms with Gasteiger partial charge in [0.2, 0.25) is 0 Å². The Labute approximate surface area is 123 Å². The third-order valence-electron chi connectivity index (χ3n) is 3.02. The van der Waals surface area contributed by atoms with E-state index in [0.29, 0.717) is 21.8 Å². The monoisotopic (exact) mass is 290 g/mol. The summed E-state index contributed by atoms with van der Waals surface area (Å²) in [5.41, 5.74) is 0.949. The molecule has 0 saturated carbocycles. The topological polar surface area (TPSA) is 53.4 Å². The van der Waals surface area contributed by atoms with Crippen molar-refractivity contribution in [2.45, 2.75) is 24.3 Å². The Balaban J connectivity index is 2.24. The zero-order chi connectivity index (χ0) is 14.5. The summed E-state index contributed by atoms with van der Waals surface area (Å²) in [5.74, 6) is 5.28. The minimum absolute atomic E-state index is 0.0770. The predicted octanol–water partition coefficient (Wildman–Crippen LogP) is 1.39. The van der Waals surface area contributed by atoms with Gasteiger partial charge in [0.05, 0.1) is 5.56 Å². The third-order valence-corrected chi connectivity index (χ3v) is 4.25. The first-order valence-corrected chi connectivity index (χ1v) is 7.55. The number of thioether (sulfide) groups is 1. The van der Waals surface area contributed by atoms with Gasteiger partial charge in [0, 0.05) is 29.8 Å². The number of aromatic nitrogens is 1. The molecule has 2 rings (SSSR count). The SMILES string of the molecule is CC1CN(C(=O)c2ncccc2C#CCO)CC(C)S1. The molecule has 1 fully saturated rings. The van der Waals surface area contributed by atoms with Crippen molar-refractivity contribution in [1.29, 1.82) is 0 Å². The highest BCUT2D eigenvalue weighted by Gasteiger charge is 2.28. The van der Waals surface area contributed by atoms with Crippen LogP contribution in [0, 0.1) is 11.8 Å². The molecule has 106 valence electrons. The molecule has 2 atom stereocenters. The number of nitrogens with zero attached hydrogens (tertiary/aromatic N) is 2. The van der Waals surface area contributed by atoms with Gasteiger partial charge >= 0.3 is 0 Å². The largest absolute Gasteiger partial charge is 0.384 e. The van der Waals surface area contributed by atoms with Gasteiger partial charge in [-0.25, -0.2) is 4.98 Å². The van der Waals surface area contributed by atoms with Crippen LogP contribution in [0.3, 0.4) is 0 Å². The van der Waals surface area contributed by atoms with Crippen LogP contribution < -0.4 is 0 Å². The van der Waals surface area contributed by atoms with Crippen molar-refractivity contribution < 1.29 is 9.90 Å². The third kappa shape index (κ3) is 3.53. The molecule has 0 aromatic carbocycles. The molecular weight excluding hydrogens is 272 g/mol. The van der Waals surface area contributed by atoms with E-state index in [9.17, 15) is 4.79 Å². The second-order valence-corrected chi connectivity index (χ2v) is 6.71. The molecule has 1 amide bonds. The second-order valence-electron chi connectivity index (χ2n) is 4.83. The van der Waals surface area contributed by atoms with Crippen LogP contribution in [0.4, 0.5) is 0 Å². The fourth-order valence-corrected chi connectivity index (χ4v) is 3.63. The van der Waals surface area contributed by atoms with Gasteiger partial charge in [-0.15, -0.1) is 0 Å². The van der Waals surface area contributed by atoms with Crippen molar-refractivity contribution in [3.63, 3.8) is 0 Å². The number of aliphatic hydroxyl groups is 1. The molecule has 5 heteroatoms. The first kappa shape index (κ1) is 14.9. The molecule has 20 heavy (non-hydrogen) atoms. The van der Waals surface area contributed by atoms with Gasteiger partial charge in [0.1, 0.15) is 12.3 Å². The lowest BCUT2D eigenvalue weighted by Gasteiger charge is -2.34. The molecule has 2 heterocycles. The summed E-state index contributed by atoms with van der Waals surface area (Å²) in [6.07, 6.45) is 1.60. The number of hydrogen-bond acceptors (Lipinski definition) is 4.